The quantitative estimate of drug-likeness (QED) is 0.778. The van der Waals surface area contributed by atoms with Crippen LogP contribution in [0.1, 0.15) is 5.56 Å². The van der Waals surface area contributed by atoms with E-state index in [-0.39, 0.29) is 5.56 Å². The van der Waals surface area contributed by atoms with Gasteiger partial charge in [0.15, 0.2) is 0 Å². The number of nitrogens with one attached hydrogen (secondary N) is 1. The topological polar surface area (TPSA) is 49.0 Å². The third kappa shape index (κ3) is 3.11. The van der Waals surface area contributed by atoms with E-state index in [2.05, 4.69) is 25.9 Å². The lowest BCUT2D eigenvalue weighted by atomic mass is 10.2. The second-order valence-electron chi connectivity index (χ2n) is 3.85. The minimum absolute atomic E-state index is 0.108. The number of aromatic nitrogens is 2. The molecule has 0 saturated heterocycles. The Morgan fingerprint density at radius 2 is 2.06 bits per heavy atom. The van der Waals surface area contributed by atoms with Crippen LogP contribution in [-0.2, 0) is 6.54 Å². The van der Waals surface area contributed by atoms with Gasteiger partial charge in [-0.2, -0.15) is 0 Å². The molecule has 1 aromatic heterocycles. The van der Waals surface area contributed by atoms with E-state index in [0.29, 0.717) is 15.9 Å². The van der Waals surface area contributed by atoms with Crippen LogP contribution in [0.3, 0.4) is 0 Å². The van der Waals surface area contributed by atoms with Crippen molar-refractivity contribution in [3.63, 3.8) is 0 Å². The van der Waals surface area contributed by atoms with Gasteiger partial charge < -0.3 is 9.88 Å². The van der Waals surface area contributed by atoms with Crippen LogP contribution < -0.4 is 10.5 Å². The van der Waals surface area contributed by atoms with E-state index in [1.54, 1.807) is 0 Å². The van der Waals surface area contributed by atoms with Crippen LogP contribution in [0.15, 0.2) is 39.9 Å². The zero-order valence-corrected chi connectivity index (χ0v) is 13.4. The molecule has 2 aromatic rings. The van der Waals surface area contributed by atoms with Crippen molar-refractivity contribution in [3.8, 4) is 0 Å². The SMILES string of the molecule is CN(Cc1ccc(Br)cc1)c1nc[nH]c(=O)c1I. The first-order valence-corrected chi connectivity index (χ1v) is 7.14. The Morgan fingerprint density at radius 1 is 1.39 bits per heavy atom. The molecule has 0 spiro atoms. The molecule has 0 fully saturated rings. The van der Waals surface area contributed by atoms with Gasteiger partial charge in [-0.15, -0.1) is 0 Å². The number of H-pyrrole nitrogens is 1. The molecule has 0 amide bonds. The summed E-state index contributed by atoms with van der Waals surface area (Å²) in [5.41, 5.74) is 1.06. The molecule has 4 nitrogen and oxygen atoms in total. The van der Waals surface area contributed by atoms with Crippen LogP contribution >= 0.6 is 38.5 Å². The number of halogens is 2. The summed E-state index contributed by atoms with van der Waals surface area (Å²) in [7, 11) is 1.92. The van der Waals surface area contributed by atoms with E-state index < -0.39 is 0 Å². The molecule has 1 heterocycles. The highest BCUT2D eigenvalue weighted by Crippen LogP contribution is 2.17. The number of aromatic amines is 1. The molecule has 0 aliphatic carbocycles. The Morgan fingerprint density at radius 3 is 2.72 bits per heavy atom. The predicted molar refractivity (Wildman–Crippen MR) is 83.8 cm³/mol. The van der Waals surface area contributed by atoms with Gasteiger partial charge in [-0.25, -0.2) is 4.98 Å². The van der Waals surface area contributed by atoms with Crippen LogP contribution in [0.5, 0.6) is 0 Å². The van der Waals surface area contributed by atoms with E-state index in [1.165, 1.54) is 11.9 Å². The van der Waals surface area contributed by atoms with E-state index in [4.69, 9.17) is 0 Å². The maximum atomic E-state index is 11.5. The summed E-state index contributed by atoms with van der Waals surface area (Å²) in [5, 5.41) is 0. The van der Waals surface area contributed by atoms with Crippen molar-refractivity contribution in [2.75, 3.05) is 11.9 Å². The first kappa shape index (κ1) is 13.5. The van der Waals surface area contributed by atoms with E-state index in [1.807, 2.05) is 58.8 Å². The molecular weight excluding hydrogens is 409 g/mol. The molecule has 6 heteroatoms. The number of rotatable bonds is 3. The number of benzene rings is 1. The van der Waals surface area contributed by atoms with Gasteiger partial charge in [0.25, 0.3) is 5.56 Å². The third-order valence-corrected chi connectivity index (χ3v) is 3.97. The number of hydrogen-bond acceptors (Lipinski definition) is 3. The molecule has 0 unspecified atom stereocenters. The lowest BCUT2D eigenvalue weighted by Crippen LogP contribution is -2.23. The summed E-state index contributed by atoms with van der Waals surface area (Å²) >= 11 is 5.42. The first-order valence-electron chi connectivity index (χ1n) is 5.26. The molecule has 0 saturated carbocycles. The second kappa shape index (κ2) is 5.83. The minimum atomic E-state index is -0.108. The largest absolute Gasteiger partial charge is 0.354 e. The minimum Gasteiger partial charge on any atom is -0.354 e. The fourth-order valence-corrected chi connectivity index (χ4v) is 2.55. The monoisotopic (exact) mass is 419 g/mol. The molecule has 1 aromatic carbocycles. The Kier molecular flexibility index (Phi) is 4.39. The summed E-state index contributed by atoms with van der Waals surface area (Å²) in [4.78, 5) is 20.2. The smallest absolute Gasteiger partial charge is 0.266 e. The lowest BCUT2D eigenvalue weighted by Gasteiger charge is -2.18. The zero-order valence-electron chi connectivity index (χ0n) is 9.65. The summed E-state index contributed by atoms with van der Waals surface area (Å²) < 4.78 is 1.66. The third-order valence-electron chi connectivity index (χ3n) is 2.47. The van der Waals surface area contributed by atoms with E-state index in [9.17, 15) is 4.79 Å². The molecule has 18 heavy (non-hydrogen) atoms. The number of nitrogens with zero attached hydrogens (tertiary/aromatic N) is 2. The molecule has 1 N–H and O–H groups in total. The van der Waals surface area contributed by atoms with Gasteiger partial charge in [0.05, 0.1) is 6.33 Å². The van der Waals surface area contributed by atoms with Crippen molar-refractivity contribution in [2.24, 2.45) is 0 Å². The molecule has 94 valence electrons. The van der Waals surface area contributed by atoms with Crippen molar-refractivity contribution >= 4 is 44.3 Å². The van der Waals surface area contributed by atoms with Crippen LogP contribution in [0.2, 0.25) is 0 Å². The van der Waals surface area contributed by atoms with Crippen molar-refractivity contribution < 1.29 is 0 Å². The summed E-state index contributed by atoms with van der Waals surface area (Å²) in [6, 6.07) is 8.08. The fourth-order valence-electron chi connectivity index (χ4n) is 1.58. The van der Waals surface area contributed by atoms with Gasteiger partial charge in [0.1, 0.15) is 9.39 Å². The predicted octanol–water partition coefficient (Wildman–Crippen LogP) is 2.77. The highest BCUT2D eigenvalue weighted by molar-refractivity contribution is 14.1. The molecular formula is C12H11BrIN3O. The van der Waals surface area contributed by atoms with Crippen LogP contribution in [0.4, 0.5) is 5.82 Å². The van der Waals surface area contributed by atoms with Gasteiger partial charge in [-0.3, -0.25) is 4.79 Å². The summed E-state index contributed by atoms with van der Waals surface area (Å²) in [6.45, 7) is 0.708. The molecule has 0 radical (unpaired) electrons. The Labute approximate surface area is 127 Å². The number of hydrogen-bond donors (Lipinski definition) is 1. The summed E-state index contributed by atoms with van der Waals surface area (Å²) in [5.74, 6) is 0.697. The van der Waals surface area contributed by atoms with Gasteiger partial charge in [0.2, 0.25) is 0 Å². The molecule has 0 atom stereocenters. The van der Waals surface area contributed by atoms with Crippen molar-refractivity contribution in [2.45, 2.75) is 6.54 Å². The van der Waals surface area contributed by atoms with Crippen molar-refractivity contribution in [1.82, 2.24) is 9.97 Å². The Balaban J connectivity index is 2.22. The fraction of sp³-hybridized carbons (Fsp3) is 0.167. The van der Waals surface area contributed by atoms with Gasteiger partial charge in [-0.05, 0) is 40.3 Å². The van der Waals surface area contributed by atoms with E-state index >= 15 is 0 Å². The maximum absolute atomic E-state index is 11.5. The Hall–Kier alpha value is -0.890. The molecule has 2 rings (SSSR count). The highest BCUT2D eigenvalue weighted by Gasteiger charge is 2.10. The van der Waals surface area contributed by atoms with Crippen molar-refractivity contribution in [3.05, 3.63) is 54.6 Å². The average Bonchev–Trinajstić information content (AvgIpc) is 2.35. The van der Waals surface area contributed by atoms with Gasteiger partial charge in [-0.1, -0.05) is 28.1 Å². The van der Waals surface area contributed by atoms with Crippen LogP contribution in [-0.4, -0.2) is 17.0 Å². The summed E-state index contributed by atoms with van der Waals surface area (Å²) in [6.07, 6.45) is 1.43. The number of anilines is 1. The van der Waals surface area contributed by atoms with Crippen molar-refractivity contribution in [1.29, 1.82) is 0 Å². The Bertz CT molecular complexity index is 597. The average molecular weight is 420 g/mol. The second-order valence-corrected chi connectivity index (χ2v) is 5.85. The lowest BCUT2D eigenvalue weighted by molar-refractivity contribution is 0.880. The van der Waals surface area contributed by atoms with E-state index in [0.717, 1.165) is 4.47 Å². The standard InChI is InChI=1S/C12H11BrIN3O/c1-17(6-8-2-4-9(13)5-3-8)11-10(14)12(18)16-7-15-11/h2-5,7H,6H2,1H3,(H,15,16,18). The first-order chi connectivity index (χ1) is 8.58. The van der Waals surface area contributed by atoms with Crippen LogP contribution in [0.25, 0.3) is 0 Å². The highest BCUT2D eigenvalue weighted by atomic mass is 127. The zero-order chi connectivity index (χ0) is 13.1. The van der Waals surface area contributed by atoms with Gasteiger partial charge in [0, 0.05) is 18.1 Å². The normalized spacial score (nSPS) is 10.4. The molecule has 0 aliphatic rings. The molecule has 0 bridgehead atoms. The maximum Gasteiger partial charge on any atom is 0.266 e. The van der Waals surface area contributed by atoms with Crippen LogP contribution in [0, 0.1) is 3.57 Å². The van der Waals surface area contributed by atoms with Gasteiger partial charge >= 0.3 is 0 Å². The molecule has 0 aliphatic heterocycles.